The number of hydrogen-bond acceptors (Lipinski definition) is 10. The molecule has 0 aromatic carbocycles. The zero-order valence-corrected chi connectivity index (χ0v) is 22.6. The van der Waals surface area contributed by atoms with Crippen LogP contribution < -0.4 is 15.5 Å². The van der Waals surface area contributed by atoms with Gasteiger partial charge in [0.1, 0.15) is 6.54 Å². The van der Waals surface area contributed by atoms with E-state index in [0.717, 1.165) is 22.6 Å². The number of fused-ring (bicyclic) bond motifs is 1. The summed E-state index contributed by atoms with van der Waals surface area (Å²) in [7, 11) is 0. The van der Waals surface area contributed by atoms with Crippen molar-refractivity contribution in [2.45, 2.75) is 30.4 Å². The monoisotopic (exact) mass is 628 g/mol. The minimum absolute atomic E-state index is 0.0183. The van der Waals surface area contributed by atoms with Crippen molar-refractivity contribution in [2.24, 2.45) is 0 Å². The van der Waals surface area contributed by atoms with E-state index in [9.17, 15) is 13.6 Å². The first-order valence-electron chi connectivity index (χ1n) is 11.9. The predicted molar refractivity (Wildman–Crippen MR) is 142 cm³/mol. The van der Waals surface area contributed by atoms with Gasteiger partial charge in [0, 0.05) is 80.7 Å². The number of ether oxygens (including phenoxy) is 1. The lowest BCUT2D eigenvalue weighted by Gasteiger charge is -2.40. The summed E-state index contributed by atoms with van der Waals surface area (Å²) >= 11 is 1.13. The molecule has 1 atom stereocenters. The minimum atomic E-state index is -3.05. The number of alkyl halides is 3. The SMILES string of the molecule is CC(=O)N1CCN(c2nc3c(N4CCOCC4)nc(-c4cnc(N)nc4)nc3n2CC(F)(F)I)C[C@@H]1C. The molecule has 0 aliphatic carbocycles. The predicted octanol–water partition coefficient (Wildman–Crippen LogP) is 1.79. The van der Waals surface area contributed by atoms with Crippen molar-refractivity contribution in [1.29, 1.82) is 0 Å². The number of halogens is 3. The molecular formula is C22H27F2IN10O2. The lowest BCUT2D eigenvalue weighted by molar-refractivity contribution is -0.131. The number of anilines is 3. The summed E-state index contributed by atoms with van der Waals surface area (Å²) < 4.78 is 32.9. The topological polar surface area (TPSA) is 131 Å². The first-order valence-corrected chi connectivity index (χ1v) is 13.0. The fourth-order valence-corrected chi connectivity index (χ4v) is 5.07. The Labute approximate surface area is 225 Å². The zero-order chi connectivity index (χ0) is 26.3. The molecule has 2 aliphatic rings. The first-order chi connectivity index (χ1) is 17.6. The number of carbonyl (C=O) groups excluding carboxylic acids is 1. The molecule has 1 amide bonds. The van der Waals surface area contributed by atoms with Crippen molar-refractivity contribution < 1.29 is 18.3 Å². The third kappa shape index (κ3) is 5.37. The van der Waals surface area contributed by atoms with Gasteiger partial charge >= 0.3 is 3.93 Å². The van der Waals surface area contributed by atoms with Crippen molar-refractivity contribution in [3.8, 4) is 11.4 Å². The van der Waals surface area contributed by atoms with Crippen LogP contribution >= 0.6 is 22.6 Å². The van der Waals surface area contributed by atoms with Crippen LogP contribution in [0.25, 0.3) is 22.6 Å². The Kier molecular flexibility index (Phi) is 6.99. The highest BCUT2D eigenvalue weighted by molar-refractivity contribution is 14.1. The number of amides is 1. The summed E-state index contributed by atoms with van der Waals surface area (Å²) in [5.74, 6) is 1.28. The number of hydrogen-bond donors (Lipinski definition) is 1. The molecule has 3 aromatic heterocycles. The summed E-state index contributed by atoms with van der Waals surface area (Å²) in [4.78, 5) is 40.1. The van der Waals surface area contributed by atoms with Crippen LogP contribution in [0.4, 0.5) is 26.5 Å². The van der Waals surface area contributed by atoms with E-state index < -0.39 is 10.5 Å². The van der Waals surface area contributed by atoms with Crippen molar-refractivity contribution in [2.75, 3.05) is 61.5 Å². The standard InChI is InChI=1S/C22H27F2IN10O2/c1-13-11-33(3-4-34(13)14(2)36)21-29-16-18(32-5-7-37-8-6-32)30-17(15-9-27-20(26)28-10-15)31-19(16)35(21)12-22(23,24)25/h9-10,13H,3-8,11-12H2,1-2H3,(H2,26,27,28)/t13-/m0/s1. The van der Waals surface area contributed by atoms with Crippen LogP contribution in [0.1, 0.15) is 13.8 Å². The number of nitrogen functional groups attached to an aromatic ring is 1. The van der Waals surface area contributed by atoms with Gasteiger partial charge in [0.15, 0.2) is 22.8 Å². The van der Waals surface area contributed by atoms with E-state index in [1.165, 1.54) is 23.9 Å². The van der Waals surface area contributed by atoms with Gasteiger partial charge in [-0.3, -0.25) is 9.36 Å². The second-order valence-electron chi connectivity index (χ2n) is 9.09. The third-order valence-electron chi connectivity index (χ3n) is 6.45. The fraction of sp³-hybridized carbons (Fsp3) is 0.545. The number of aromatic nitrogens is 6. The summed E-state index contributed by atoms with van der Waals surface area (Å²) in [5, 5.41) is 0. The second kappa shape index (κ2) is 10.1. The maximum absolute atomic E-state index is 14.5. The van der Waals surface area contributed by atoms with E-state index in [4.69, 9.17) is 20.4 Å². The number of nitrogens with zero attached hydrogens (tertiary/aromatic N) is 9. The molecule has 0 spiro atoms. The van der Waals surface area contributed by atoms with Crippen molar-refractivity contribution in [3.05, 3.63) is 12.4 Å². The van der Waals surface area contributed by atoms with Gasteiger partial charge in [-0.05, 0) is 6.92 Å². The van der Waals surface area contributed by atoms with Gasteiger partial charge in [-0.15, -0.1) is 0 Å². The van der Waals surface area contributed by atoms with E-state index in [2.05, 4.69) is 15.0 Å². The van der Waals surface area contributed by atoms with Gasteiger partial charge in [0.25, 0.3) is 0 Å². The van der Waals surface area contributed by atoms with Crippen LogP contribution in [0.3, 0.4) is 0 Å². The van der Waals surface area contributed by atoms with Crippen LogP contribution in [0, 0.1) is 0 Å². The quantitative estimate of drug-likeness (QED) is 0.330. The second-order valence-corrected chi connectivity index (χ2v) is 10.7. The van der Waals surface area contributed by atoms with E-state index >= 15 is 0 Å². The number of morpholine rings is 1. The highest BCUT2D eigenvalue weighted by Gasteiger charge is 2.34. The zero-order valence-electron chi connectivity index (χ0n) is 20.4. The molecule has 0 bridgehead atoms. The Hall–Kier alpha value is -2.95. The van der Waals surface area contributed by atoms with Crippen LogP contribution in [0.15, 0.2) is 12.4 Å². The molecule has 3 aromatic rings. The summed E-state index contributed by atoms with van der Waals surface area (Å²) in [6.45, 7) is 6.38. The number of nitrogens with two attached hydrogens (primary N) is 1. The number of imidazole rings is 1. The van der Waals surface area contributed by atoms with E-state index in [0.29, 0.717) is 68.8 Å². The summed E-state index contributed by atoms with van der Waals surface area (Å²) in [5.41, 5.74) is 6.87. The lowest BCUT2D eigenvalue weighted by Crippen LogP contribution is -2.54. The Bertz CT molecular complexity index is 1290. The average molecular weight is 628 g/mol. The Morgan fingerprint density at radius 2 is 1.84 bits per heavy atom. The van der Waals surface area contributed by atoms with E-state index in [-0.39, 0.29) is 29.4 Å². The van der Waals surface area contributed by atoms with Crippen LogP contribution in [0.2, 0.25) is 0 Å². The third-order valence-corrected chi connectivity index (χ3v) is 6.79. The smallest absolute Gasteiger partial charge is 0.314 e. The van der Waals surface area contributed by atoms with Crippen molar-refractivity contribution in [3.63, 3.8) is 0 Å². The number of rotatable bonds is 5. The molecule has 2 aliphatic heterocycles. The molecule has 2 N–H and O–H groups in total. The Morgan fingerprint density at radius 1 is 1.14 bits per heavy atom. The molecule has 0 unspecified atom stereocenters. The van der Waals surface area contributed by atoms with Gasteiger partial charge in [-0.25, -0.2) is 24.9 Å². The first kappa shape index (κ1) is 25.7. The minimum Gasteiger partial charge on any atom is -0.378 e. The fourth-order valence-electron chi connectivity index (χ4n) is 4.73. The largest absolute Gasteiger partial charge is 0.378 e. The van der Waals surface area contributed by atoms with Gasteiger partial charge in [-0.2, -0.15) is 8.78 Å². The van der Waals surface area contributed by atoms with Gasteiger partial charge in [0.05, 0.1) is 18.8 Å². The Balaban J connectivity index is 1.68. The molecule has 37 heavy (non-hydrogen) atoms. The van der Waals surface area contributed by atoms with Crippen LogP contribution in [-0.2, 0) is 16.1 Å². The highest BCUT2D eigenvalue weighted by atomic mass is 127. The highest BCUT2D eigenvalue weighted by Crippen LogP contribution is 2.35. The molecule has 2 fully saturated rings. The molecule has 5 rings (SSSR count). The van der Waals surface area contributed by atoms with Gasteiger partial charge in [0.2, 0.25) is 17.8 Å². The maximum Gasteiger partial charge on any atom is 0.314 e. The Morgan fingerprint density at radius 3 is 2.46 bits per heavy atom. The lowest BCUT2D eigenvalue weighted by atomic mass is 10.2. The molecule has 12 nitrogen and oxygen atoms in total. The molecule has 198 valence electrons. The average Bonchev–Trinajstić information content (AvgIpc) is 3.21. The van der Waals surface area contributed by atoms with Gasteiger partial charge in [-0.1, -0.05) is 0 Å². The van der Waals surface area contributed by atoms with E-state index in [1.807, 2.05) is 16.7 Å². The maximum atomic E-state index is 14.5. The van der Waals surface area contributed by atoms with Crippen molar-refractivity contribution in [1.82, 2.24) is 34.4 Å². The molecule has 0 radical (unpaired) electrons. The molecular weight excluding hydrogens is 601 g/mol. The van der Waals surface area contributed by atoms with Crippen LogP contribution in [0.5, 0.6) is 0 Å². The van der Waals surface area contributed by atoms with Gasteiger partial charge < -0.3 is 25.2 Å². The number of carbonyl (C=O) groups is 1. The van der Waals surface area contributed by atoms with Crippen molar-refractivity contribution >= 4 is 57.4 Å². The molecule has 15 heteroatoms. The summed E-state index contributed by atoms with van der Waals surface area (Å²) in [6.07, 6.45) is 3.01. The number of piperazine rings is 1. The summed E-state index contributed by atoms with van der Waals surface area (Å²) in [6, 6.07) is -0.105. The van der Waals surface area contributed by atoms with E-state index in [1.54, 1.807) is 4.90 Å². The normalized spacial score (nSPS) is 19.1. The molecule has 2 saturated heterocycles. The molecule has 0 saturated carbocycles. The van der Waals surface area contributed by atoms with Crippen LogP contribution in [-0.4, -0.2) is 96.2 Å². The molecule has 5 heterocycles.